The summed E-state index contributed by atoms with van der Waals surface area (Å²) in [4.78, 5) is 38.7. The number of esters is 1. The van der Waals surface area contributed by atoms with E-state index in [0.29, 0.717) is 0 Å². The van der Waals surface area contributed by atoms with Gasteiger partial charge in [0.2, 0.25) is 11.7 Å². The summed E-state index contributed by atoms with van der Waals surface area (Å²) in [5.41, 5.74) is 8.79. The van der Waals surface area contributed by atoms with Gasteiger partial charge >= 0.3 is 17.8 Å². The second-order valence-corrected chi connectivity index (χ2v) is 8.72. The van der Waals surface area contributed by atoms with Gasteiger partial charge in [0.25, 0.3) is 5.24 Å². The van der Waals surface area contributed by atoms with Crippen LogP contribution in [-0.4, -0.2) is 48.7 Å². The fraction of sp³-hybridized carbons (Fsp3) is 0.238. The minimum atomic E-state index is -5.07. The van der Waals surface area contributed by atoms with E-state index in [1.165, 1.54) is 24.3 Å². The number of alkyl halides is 3. The van der Waals surface area contributed by atoms with Gasteiger partial charge in [0, 0.05) is 7.05 Å². The van der Waals surface area contributed by atoms with E-state index in [1.54, 1.807) is 6.92 Å². The van der Waals surface area contributed by atoms with E-state index in [0.717, 1.165) is 7.05 Å². The minimum Gasteiger partial charge on any atom is -0.478 e. The Morgan fingerprint density at radius 3 is 2.36 bits per heavy atom. The zero-order valence-electron chi connectivity index (χ0n) is 19.9. The molecule has 0 aliphatic rings. The molecule has 0 bridgehead atoms. The van der Waals surface area contributed by atoms with Gasteiger partial charge in [0.1, 0.15) is 4.99 Å². The second-order valence-electron chi connectivity index (χ2n) is 7.26. The Labute approximate surface area is 225 Å². The predicted molar refractivity (Wildman–Crippen MR) is 132 cm³/mol. The van der Waals surface area contributed by atoms with E-state index in [-0.39, 0.29) is 39.1 Å². The van der Waals surface area contributed by atoms with E-state index >= 15 is 4.39 Å². The van der Waals surface area contributed by atoms with Crippen molar-refractivity contribution < 1.29 is 41.4 Å². The van der Waals surface area contributed by atoms with Gasteiger partial charge in [-0.2, -0.15) is 22.8 Å². The van der Waals surface area contributed by atoms with Crippen molar-refractivity contribution in [1.82, 2.24) is 19.3 Å². The quantitative estimate of drug-likeness (QED) is 0.163. The Morgan fingerprint density at radius 2 is 1.82 bits per heavy atom. The highest BCUT2D eigenvalue weighted by molar-refractivity contribution is 8.13. The average molecular weight is 591 g/mol. The molecule has 3 aromatic rings. The molecule has 0 spiro atoms. The number of rotatable bonds is 9. The molecule has 2 aromatic heterocycles. The van der Waals surface area contributed by atoms with Crippen molar-refractivity contribution in [2.24, 2.45) is 18.5 Å². The molecular formula is C21H18F4N6O6S2. The Bertz CT molecular complexity index is 1510. The third kappa shape index (κ3) is 6.45. The van der Waals surface area contributed by atoms with Gasteiger partial charge in [-0.1, -0.05) is 24.4 Å². The van der Waals surface area contributed by atoms with Crippen LogP contribution < -0.4 is 26.6 Å². The van der Waals surface area contributed by atoms with Crippen LogP contribution in [0.25, 0.3) is 5.82 Å². The highest BCUT2D eigenvalue weighted by atomic mass is 32.2. The summed E-state index contributed by atoms with van der Waals surface area (Å²) in [5.74, 6) is -5.72. The number of halogens is 4. The molecule has 0 fully saturated rings. The Balaban J connectivity index is 2.24. The fourth-order valence-corrected chi connectivity index (χ4v) is 3.99. The fourth-order valence-electron chi connectivity index (χ4n) is 3.06. The number of carbonyl (C=O) groups is 2. The molecule has 0 saturated carbocycles. The number of carbonyl (C=O) groups excluding carboxylic acids is 2. The van der Waals surface area contributed by atoms with E-state index in [2.05, 4.69) is 10.1 Å². The van der Waals surface area contributed by atoms with E-state index in [9.17, 15) is 27.6 Å². The average Bonchev–Trinajstić information content (AvgIpc) is 3.14. The van der Waals surface area contributed by atoms with Crippen LogP contribution in [0.3, 0.4) is 0 Å². The van der Waals surface area contributed by atoms with Gasteiger partial charge in [0.15, 0.2) is 29.7 Å². The highest BCUT2D eigenvalue weighted by Gasteiger charge is 2.39. The molecule has 208 valence electrons. The van der Waals surface area contributed by atoms with Crippen molar-refractivity contribution >= 4 is 40.2 Å². The molecule has 0 atom stereocenters. The maximum absolute atomic E-state index is 15.6. The van der Waals surface area contributed by atoms with E-state index in [1.807, 2.05) is 0 Å². The predicted octanol–water partition coefficient (Wildman–Crippen LogP) is 2.66. The van der Waals surface area contributed by atoms with Gasteiger partial charge in [-0.15, -0.1) is 5.10 Å². The molecule has 0 saturated heterocycles. The molecular weight excluding hydrogens is 572 g/mol. The summed E-state index contributed by atoms with van der Waals surface area (Å²) >= 11 is 5.09. The number of benzene rings is 1. The van der Waals surface area contributed by atoms with Crippen molar-refractivity contribution in [3.8, 4) is 23.2 Å². The van der Waals surface area contributed by atoms with Gasteiger partial charge in [-0.05, 0) is 30.8 Å². The van der Waals surface area contributed by atoms with Crippen LogP contribution in [0, 0.1) is 5.82 Å². The van der Waals surface area contributed by atoms with Crippen LogP contribution in [-0.2, 0) is 22.8 Å². The van der Waals surface area contributed by atoms with Crippen molar-refractivity contribution in [1.29, 1.82) is 0 Å². The topological polar surface area (TPSA) is 167 Å². The van der Waals surface area contributed by atoms with E-state index in [4.69, 9.17) is 37.9 Å². The van der Waals surface area contributed by atoms with Crippen molar-refractivity contribution in [2.45, 2.75) is 18.0 Å². The third-order valence-electron chi connectivity index (χ3n) is 4.63. The molecule has 4 N–H and O–H groups in total. The summed E-state index contributed by atoms with van der Waals surface area (Å²) in [5, 5.41) is 2.08. The minimum absolute atomic E-state index is 0.0364. The first-order valence-corrected chi connectivity index (χ1v) is 11.8. The Hall–Kier alpha value is -4.19. The Kier molecular flexibility index (Phi) is 8.80. The molecule has 18 heteroatoms. The standard InChI is InChI=1S/C21H18F4N6O6S2/c1-3-35-11(32)8-36-9-6-4-5-7-10(9)37-17-14(39-19(27)33)12(15(26)38)13(22)16(28-17)31-20(34)30(2)18(29-31)21(23,24)25/h4-7H,3,8H2,1-2H3,(H2,26,38)(H2,27,33). The lowest BCUT2D eigenvalue weighted by atomic mass is 10.2. The first-order valence-electron chi connectivity index (χ1n) is 10.6. The smallest absolute Gasteiger partial charge is 0.451 e. The molecule has 39 heavy (non-hydrogen) atoms. The number of ether oxygens (including phenoxy) is 3. The lowest BCUT2D eigenvalue weighted by Gasteiger charge is -2.17. The van der Waals surface area contributed by atoms with Crippen molar-refractivity contribution in [3.63, 3.8) is 0 Å². The molecule has 0 aliphatic heterocycles. The van der Waals surface area contributed by atoms with Crippen LogP contribution in [0.5, 0.6) is 17.4 Å². The normalized spacial score (nSPS) is 11.2. The molecule has 0 aliphatic carbocycles. The maximum Gasteiger partial charge on any atom is 0.451 e. The first kappa shape index (κ1) is 29.4. The lowest BCUT2D eigenvalue weighted by Crippen LogP contribution is -2.26. The maximum atomic E-state index is 15.6. The molecule has 1 amide bonds. The number of nitrogens with two attached hydrogens (primary N) is 2. The number of amides is 1. The van der Waals surface area contributed by atoms with Crippen molar-refractivity contribution in [3.05, 3.63) is 52.0 Å². The third-order valence-corrected chi connectivity index (χ3v) is 5.62. The molecule has 2 heterocycles. The van der Waals surface area contributed by atoms with Crippen molar-refractivity contribution in [2.75, 3.05) is 13.2 Å². The summed E-state index contributed by atoms with van der Waals surface area (Å²) in [6, 6.07) is 5.71. The number of hydrogen-bond acceptors (Lipinski definition) is 10. The van der Waals surface area contributed by atoms with Gasteiger partial charge in [-0.3, -0.25) is 9.36 Å². The summed E-state index contributed by atoms with van der Waals surface area (Å²) < 4.78 is 71.7. The number of pyridine rings is 1. The monoisotopic (exact) mass is 590 g/mol. The molecule has 12 nitrogen and oxygen atoms in total. The second kappa shape index (κ2) is 11.7. The largest absolute Gasteiger partial charge is 0.478 e. The molecule has 0 unspecified atom stereocenters. The number of aromatic nitrogens is 4. The number of thioether (sulfide) groups is 1. The van der Waals surface area contributed by atoms with Crippen LogP contribution in [0.15, 0.2) is 34.0 Å². The number of thiocarbonyl (C=S) groups is 1. The summed E-state index contributed by atoms with van der Waals surface area (Å²) in [6.45, 7) is 1.16. The van der Waals surface area contributed by atoms with Gasteiger partial charge in [-0.25, -0.2) is 14.0 Å². The number of para-hydroxylation sites is 2. The van der Waals surface area contributed by atoms with Crippen LogP contribution >= 0.6 is 24.0 Å². The first-order chi connectivity index (χ1) is 18.3. The summed E-state index contributed by atoms with van der Waals surface area (Å²) in [6.07, 6.45) is -5.07. The number of hydrogen-bond donors (Lipinski definition) is 2. The number of nitrogens with zero attached hydrogens (tertiary/aromatic N) is 4. The highest BCUT2D eigenvalue weighted by Crippen LogP contribution is 2.40. The lowest BCUT2D eigenvalue weighted by molar-refractivity contribution is -0.147. The SMILES string of the molecule is CCOC(=O)COc1ccccc1Oc1nc(-n2nc(C(F)(F)F)n(C)c2=O)c(F)c(C(N)=S)c1SC(N)=O. The van der Waals surface area contributed by atoms with E-state index < -0.39 is 68.5 Å². The van der Waals surface area contributed by atoms with Gasteiger partial charge in [0.05, 0.1) is 17.1 Å². The zero-order chi connectivity index (χ0) is 29.1. The molecule has 1 aromatic carbocycles. The van der Waals surface area contributed by atoms with Crippen LogP contribution in [0.2, 0.25) is 0 Å². The Morgan fingerprint density at radius 1 is 1.18 bits per heavy atom. The molecule has 0 radical (unpaired) electrons. The van der Waals surface area contributed by atoms with Gasteiger partial charge < -0.3 is 25.7 Å². The number of primary amides is 1. The van der Waals surface area contributed by atoms with Crippen LogP contribution in [0.4, 0.5) is 22.4 Å². The zero-order valence-corrected chi connectivity index (χ0v) is 21.6. The molecule has 3 rings (SSSR count). The summed E-state index contributed by atoms with van der Waals surface area (Å²) in [7, 11) is 0.771. The van der Waals surface area contributed by atoms with Crippen LogP contribution in [0.1, 0.15) is 18.3 Å².